The van der Waals surface area contributed by atoms with Gasteiger partial charge in [0, 0.05) is 24.1 Å². The first-order valence-corrected chi connectivity index (χ1v) is 7.02. The van der Waals surface area contributed by atoms with E-state index in [9.17, 15) is 4.39 Å². The highest BCUT2D eigenvalue weighted by Gasteiger charge is 2.07. The van der Waals surface area contributed by atoms with Gasteiger partial charge in [0.15, 0.2) is 0 Å². The number of hydrogen-bond acceptors (Lipinski definition) is 3. The average molecular weight is 289 g/mol. The van der Waals surface area contributed by atoms with E-state index >= 15 is 0 Å². The summed E-state index contributed by atoms with van der Waals surface area (Å²) in [6.45, 7) is 2.79. The van der Waals surface area contributed by atoms with Gasteiger partial charge in [-0.05, 0) is 25.1 Å². The Morgan fingerprint density at radius 1 is 1.00 bits per heavy atom. The van der Waals surface area contributed by atoms with Crippen molar-refractivity contribution in [1.82, 2.24) is 0 Å². The van der Waals surface area contributed by atoms with Gasteiger partial charge in [-0.2, -0.15) is 0 Å². The third-order valence-electron chi connectivity index (χ3n) is 3.03. The van der Waals surface area contributed by atoms with Crippen LogP contribution >= 0.6 is 0 Å². The number of nitrogens with two attached hydrogens (primary N) is 1. The van der Waals surface area contributed by atoms with Crippen LogP contribution < -0.4 is 15.2 Å². The Bertz CT molecular complexity index is 558. The van der Waals surface area contributed by atoms with Crippen molar-refractivity contribution in [2.75, 3.05) is 13.2 Å². The molecule has 0 aromatic heterocycles. The summed E-state index contributed by atoms with van der Waals surface area (Å²) in [7, 11) is 0. The van der Waals surface area contributed by atoms with Gasteiger partial charge < -0.3 is 15.2 Å². The largest absolute Gasteiger partial charge is 0.493 e. The minimum absolute atomic E-state index is 0.321. The Labute approximate surface area is 124 Å². The summed E-state index contributed by atoms with van der Waals surface area (Å²) in [4.78, 5) is 0. The molecule has 0 saturated carbocycles. The predicted molar refractivity (Wildman–Crippen MR) is 81.1 cm³/mol. The van der Waals surface area contributed by atoms with Gasteiger partial charge in [-0.15, -0.1) is 0 Å². The van der Waals surface area contributed by atoms with Crippen LogP contribution in [0.3, 0.4) is 0 Å². The lowest BCUT2D eigenvalue weighted by Gasteiger charge is -2.11. The van der Waals surface area contributed by atoms with Crippen LogP contribution in [0.4, 0.5) is 4.39 Å². The fourth-order valence-electron chi connectivity index (χ4n) is 1.92. The van der Waals surface area contributed by atoms with Crippen molar-refractivity contribution in [2.45, 2.75) is 19.4 Å². The molecule has 3 nitrogen and oxygen atoms in total. The fourth-order valence-corrected chi connectivity index (χ4v) is 1.92. The van der Waals surface area contributed by atoms with Crippen LogP contribution in [0.1, 0.15) is 24.9 Å². The Kier molecular flexibility index (Phi) is 5.58. The average Bonchev–Trinajstić information content (AvgIpc) is 2.47. The maximum atomic E-state index is 13.7. The summed E-state index contributed by atoms with van der Waals surface area (Å²) in [5.74, 6) is 1.02. The van der Waals surface area contributed by atoms with Gasteiger partial charge in [0.05, 0.1) is 13.2 Å². The lowest BCUT2D eigenvalue weighted by molar-refractivity contribution is 0.247. The van der Waals surface area contributed by atoms with E-state index < -0.39 is 0 Å². The minimum Gasteiger partial charge on any atom is -0.493 e. The Morgan fingerprint density at radius 2 is 1.67 bits per heavy atom. The molecule has 2 aromatic rings. The van der Waals surface area contributed by atoms with Crippen molar-refractivity contribution in [2.24, 2.45) is 5.73 Å². The Balaban J connectivity index is 1.72. The summed E-state index contributed by atoms with van der Waals surface area (Å²) in [6, 6.07) is 14.1. The van der Waals surface area contributed by atoms with Crippen LogP contribution in [-0.2, 0) is 0 Å². The minimum atomic E-state index is -0.331. The van der Waals surface area contributed by atoms with E-state index in [-0.39, 0.29) is 11.9 Å². The van der Waals surface area contributed by atoms with Gasteiger partial charge >= 0.3 is 0 Å². The first kappa shape index (κ1) is 15.3. The number of hydrogen-bond donors (Lipinski definition) is 1. The van der Waals surface area contributed by atoms with E-state index in [2.05, 4.69) is 0 Å². The zero-order valence-electron chi connectivity index (χ0n) is 12.1. The summed E-state index contributed by atoms with van der Waals surface area (Å²) < 4.78 is 24.8. The maximum absolute atomic E-state index is 13.7. The third kappa shape index (κ3) is 4.76. The molecule has 0 aliphatic rings. The van der Waals surface area contributed by atoms with Crippen molar-refractivity contribution in [3.8, 4) is 11.5 Å². The van der Waals surface area contributed by atoms with Crippen LogP contribution in [0.15, 0.2) is 48.5 Å². The van der Waals surface area contributed by atoms with E-state index in [1.54, 1.807) is 19.1 Å². The zero-order chi connectivity index (χ0) is 15.1. The number of halogens is 1. The molecular weight excluding hydrogens is 269 g/mol. The summed E-state index contributed by atoms with van der Waals surface area (Å²) in [6.07, 6.45) is 0.728. The first-order valence-electron chi connectivity index (χ1n) is 7.02. The maximum Gasteiger partial charge on any atom is 0.131 e. The number of benzene rings is 2. The van der Waals surface area contributed by atoms with Crippen LogP contribution in [0, 0.1) is 5.82 Å². The molecule has 0 aliphatic heterocycles. The molecule has 2 aromatic carbocycles. The summed E-state index contributed by atoms with van der Waals surface area (Å²) in [5, 5.41) is 0. The van der Waals surface area contributed by atoms with Crippen molar-refractivity contribution in [3.05, 3.63) is 59.9 Å². The van der Waals surface area contributed by atoms with Crippen molar-refractivity contribution < 1.29 is 13.9 Å². The molecule has 21 heavy (non-hydrogen) atoms. The van der Waals surface area contributed by atoms with Crippen molar-refractivity contribution in [1.29, 1.82) is 0 Å². The highest BCUT2D eigenvalue weighted by Crippen LogP contribution is 2.20. The van der Waals surface area contributed by atoms with E-state index in [0.717, 1.165) is 12.2 Å². The molecule has 1 unspecified atom stereocenters. The fraction of sp³-hybridized carbons (Fsp3) is 0.294. The van der Waals surface area contributed by atoms with E-state index in [1.807, 2.05) is 30.3 Å². The standard InChI is InChI=1S/C17H20FNO2/c1-13(19)16-9-8-15(12-17(16)18)21-11-5-10-20-14-6-3-2-4-7-14/h2-4,6-9,12-13H,5,10-11,19H2,1H3. The third-order valence-corrected chi connectivity index (χ3v) is 3.03. The van der Waals surface area contributed by atoms with E-state index in [1.165, 1.54) is 6.07 Å². The molecule has 4 heteroatoms. The molecule has 1 atom stereocenters. The molecule has 0 bridgehead atoms. The molecule has 2 rings (SSSR count). The second-order valence-corrected chi connectivity index (χ2v) is 4.84. The molecule has 0 saturated heterocycles. The van der Waals surface area contributed by atoms with E-state index in [4.69, 9.17) is 15.2 Å². The normalized spacial score (nSPS) is 12.0. The van der Waals surface area contributed by atoms with Crippen molar-refractivity contribution >= 4 is 0 Å². The Hall–Kier alpha value is -2.07. The lowest BCUT2D eigenvalue weighted by Crippen LogP contribution is -2.08. The van der Waals surface area contributed by atoms with Gasteiger partial charge in [0.2, 0.25) is 0 Å². The molecule has 0 aliphatic carbocycles. The first-order chi connectivity index (χ1) is 10.2. The van der Waals surface area contributed by atoms with Crippen LogP contribution in [-0.4, -0.2) is 13.2 Å². The number of ether oxygens (including phenoxy) is 2. The smallest absolute Gasteiger partial charge is 0.131 e. The molecule has 2 N–H and O–H groups in total. The van der Waals surface area contributed by atoms with Gasteiger partial charge in [0.25, 0.3) is 0 Å². The van der Waals surface area contributed by atoms with Crippen LogP contribution in [0.5, 0.6) is 11.5 Å². The zero-order valence-corrected chi connectivity index (χ0v) is 12.1. The predicted octanol–water partition coefficient (Wildman–Crippen LogP) is 3.69. The molecule has 0 radical (unpaired) electrons. The van der Waals surface area contributed by atoms with Crippen molar-refractivity contribution in [3.63, 3.8) is 0 Å². The summed E-state index contributed by atoms with van der Waals surface area (Å²) >= 11 is 0. The molecule has 112 valence electrons. The molecule has 0 fully saturated rings. The topological polar surface area (TPSA) is 44.5 Å². The highest BCUT2D eigenvalue weighted by atomic mass is 19.1. The lowest BCUT2D eigenvalue weighted by atomic mass is 10.1. The highest BCUT2D eigenvalue weighted by molar-refractivity contribution is 5.30. The molecule has 0 amide bonds. The van der Waals surface area contributed by atoms with Crippen LogP contribution in [0.25, 0.3) is 0 Å². The van der Waals surface area contributed by atoms with Gasteiger partial charge in [-0.25, -0.2) is 4.39 Å². The summed E-state index contributed by atoms with van der Waals surface area (Å²) in [5.41, 5.74) is 6.16. The molecular formula is C17H20FNO2. The SMILES string of the molecule is CC(N)c1ccc(OCCCOc2ccccc2)cc1F. The second kappa shape index (κ2) is 7.64. The van der Waals surface area contributed by atoms with Gasteiger partial charge in [-0.1, -0.05) is 24.3 Å². The van der Waals surface area contributed by atoms with Gasteiger partial charge in [0.1, 0.15) is 17.3 Å². The van der Waals surface area contributed by atoms with Gasteiger partial charge in [-0.3, -0.25) is 0 Å². The quantitative estimate of drug-likeness (QED) is 0.791. The second-order valence-electron chi connectivity index (χ2n) is 4.84. The molecule has 0 spiro atoms. The monoisotopic (exact) mass is 289 g/mol. The molecule has 0 heterocycles. The van der Waals surface area contributed by atoms with Crippen LogP contribution in [0.2, 0.25) is 0 Å². The Morgan fingerprint density at radius 3 is 2.29 bits per heavy atom. The number of para-hydroxylation sites is 1. The number of rotatable bonds is 7. The van der Waals surface area contributed by atoms with E-state index in [0.29, 0.717) is 24.5 Å².